The van der Waals surface area contributed by atoms with Crippen LogP contribution in [0, 0.1) is 35.5 Å². The van der Waals surface area contributed by atoms with E-state index in [0.29, 0.717) is 18.3 Å². The molecular weight excluding hydrogens is 522 g/mol. The van der Waals surface area contributed by atoms with E-state index in [2.05, 4.69) is 4.74 Å². The van der Waals surface area contributed by atoms with Crippen molar-refractivity contribution in [1.29, 1.82) is 0 Å². The number of alkyl halides is 6. The van der Waals surface area contributed by atoms with Crippen LogP contribution in [0.25, 0.3) is 0 Å². The Bertz CT molecular complexity index is 934. The predicted octanol–water partition coefficient (Wildman–Crippen LogP) is 4.46. The summed E-state index contributed by atoms with van der Waals surface area (Å²) in [6.45, 7) is 0. The molecule has 0 radical (unpaired) electrons. The predicted molar refractivity (Wildman–Crippen MR) is 110 cm³/mol. The van der Waals surface area contributed by atoms with Crippen LogP contribution in [0.5, 0.6) is 0 Å². The minimum atomic E-state index is -6.41. The summed E-state index contributed by atoms with van der Waals surface area (Å²) in [7, 11) is -5.89. The summed E-state index contributed by atoms with van der Waals surface area (Å²) >= 11 is 0. The Labute approximate surface area is 204 Å². The second kappa shape index (κ2) is 9.32. The van der Waals surface area contributed by atoms with E-state index in [1.807, 2.05) is 0 Å². The van der Waals surface area contributed by atoms with Crippen LogP contribution in [0.4, 0.5) is 26.3 Å². The second-order valence-corrected chi connectivity index (χ2v) is 12.3. The van der Waals surface area contributed by atoms with Gasteiger partial charge >= 0.3 is 29.9 Å². The number of ether oxygens (including phenoxy) is 2. The molecule has 4 bridgehead atoms. The van der Waals surface area contributed by atoms with Crippen LogP contribution in [0.2, 0.25) is 0 Å². The quantitative estimate of drug-likeness (QED) is 0.296. The van der Waals surface area contributed by atoms with Crippen molar-refractivity contribution >= 4 is 22.1 Å². The molecule has 36 heavy (non-hydrogen) atoms. The summed E-state index contributed by atoms with van der Waals surface area (Å²) in [5.74, 6) is -7.35. The van der Waals surface area contributed by atoms with Crippen LogP contribution >= 0.6 is 0 Å². The van der Waals surface area contributed by atoms with Crippen molar-refractivity contribution in [2.75, 3.05) is 5.75 Å². The molecule has 2 unspecified atom stereocenters. The van der Waals surface area contributed by atoms with Crippen molar-refractivity contribution in [3.05, 3.63) is 0 Å². The van der Waals surface area contributed by atoms with E-state index in [0.717, 1.165) is 32.1 Å². The zero-order valence-corrected chi connectivity index (χ0v) is 20.0. The highest BCUT2D eigenvalue weighted by molar-refractivity contribution is 7.85. The molecule has 5 aliphatic rings. The smallest absolute Gasteiger partial charge is 0.438 e. The first-order chi connectivity index (χ1) is 16.5. The zero-order chi connectivity index (χ0) is 26.7. The summed E-state index contributed by atoms with van der Waals surface area (Å²) in [5, 5.41) is 0. The Hall–Kier alpha value is -1.57. The molecule has 0 aromatic heterocycles. The lowest BCUT2D eigenvalue weighted by molar-refractivity contribution is -0.362. The lowest BCUT2D eigenvalue weighted by Crippen LogP contribution is -2.64. The first-order valence-corrected chi connectivity index (χ1v) is 13.6. The van der Waals surface area contributed by atoms with Gasteiger partial charge in [0.25, 0.3) is 10.1 Å². The second-order valence-electron chi connectivity index (χ2n) is 10.8. The fraction of sp³-hybridized carbons (Fsp3) is 0.909. The monoisotopic (exact) mass is 550 g/mol. The Balaban J connectivity index is 1.54. The van der Waals surface area contributed by atoms with Gasteiger partial charge in [0.1, 0.15) is 11.9 Å². The first kappa shape index (κ1) is 27.5. The summed E-state index contributed by atoms with van der Waals surface area (Å²) < 4.78 is 122. The number of rotatable bonds is 6. The molecule has 0 aromatic carbocycles. The lowest BCUT2D eigenvalue weighted by atomic mass is 9.55. The molecule has 0 heterocycles. The molecule has 14 heteroatoms. The van der Waals surface area contributed by atoms with E-state index in [9.17, 15) is 44.3 Å². The number of carbonyl (C=O) groups is 2. The fourth-order valence-corrected chi connectivity index (χ4v) is 7.86. The van der Waals surface area contributed by atoms with Crippen LogP contribution in [-0.4, -0.2) is 54.7 Å². The minimum absolute atomic E-state index is 0.00916. The maximum atomic E-state index is 13.6. The molecule has 0 amide bonds. The third kappa shape index (κ3) is 5.21. The van der Waals surface area contributed by atoms with Crippen LogP contribution in [-0.2, 0) is 29.2 Å². The van der Waals surface area contributed by atoms with Gasteiger partial charge in [-0.25, -0.2) is 0 Å². The number of hydrogen-bond donors (Lipinski definition) is 1. The highest BCUT2D eigenvalue weighted by Gasteiger charge is 2.76. The van der Waals surface area contributed by atoms with Crippen molar-refractivity contribution in [2.24, 2.45) is 35.5 Å². The average Bonchev–Trinajstić information content (AvgIpc) is 2.72. The summed E-state index contributed by atoms with van der Waals surface area (Å²) in [6.07, 6.45) is -8.05. The van der Waals surface area contributed by atoms with Crippen molar-refractivity contribution < 1.29 is 58.4 Å². The van der Waals surface area contributed by atoms with Crippen molar-refractivity contribution in [3.63, 3.8) is 0 Å². The van der Waals surface area contributed by atoms with Gasteiger partial charge in [0.2, 0.25) is 0 Å². The molecule has 2 atom stereocenters. The molecule has 0 spiro atoms. The maximum absolute atomic E-state index is 13.6. The van der Waals surface area contributed by atoms with E-state index < -0.39 is 63.7 Å². The molecule has 5 fully saturated rings. The Morgan fingerprint density at radius 2 is 1.22 bits per heavy atom. The molecule has 5 aliphatic carbocycles. The molecule has 0 aromatic rings. The van der Waals surface area contributed by atoms with Gasteiger partial charge in [-0.15, -0.1) is 0 Å². The van der Waals surface area contributed by atoms with Gasteiger partial charge < -0.3 is 9.47 Å². The van der Waals surface area contributed by atoms with E-state index in [-0.39, 0.29) is 31.1 Å². The lowest BCUT2D eigenvalue weighted by Gasteiger charge is -2.53. The Kier molecular flexibility index (Phi) is 7.11. The van der Waals surface area contributed by atoms with Gasteiger partial charge in [0, 0.05) is 0 Å². The first-order valence-electron chi connectivity index (χ1n) is 12.0. The Morgan fingerprint density at radius 3 is 1.64 bits per heavy atom. The normalized spacial score (nSPS) is 34.9. The van der Waals surface area contributed by atoms with Gasteiger partial charge in [0.15, 0.2) is 0 Å². The molecular formula is C22H28F6O7S. The van der Waals surface area contributed by atoms with Crippen LogP contribution in [0.15, 0.2) is 0 Å². The number of carbonyl (C=O) groups excluding carboxylic acids is 2. The third-order valence-corrected chi connectivity index (χ3v) is 9.11. The zero-order valence-electron chi connectivity index (χ0n) is 19.2. The van der Waals surface area contributed by atoms with Crippen molar-refractivity contribution in [2.45, 2.75) is 81.8 Å². The summed E-state index contributed by atoms with van der Waals surface area (Å²) in [4.78, 5) is 25.8. The summed E-state index contributed by atoms with van der Waals surface area (Å²) in [5.41, 5.74) is -5.49. The SMILES string of the molecule is O=C(OC1C2CC3CC(C2)CC1C3)C1CCCCC1C(=O)OC(CS(=O)(=O)O)(C(F)(F)F)C(F)(F)F. The highest BCUT2D eigenvalue weighted by atomic mass is 32.2. The van der Waals surface area contributed by atoms with E-state index >= 15 is 0 Å². The van der Waals surface area contributed by atoms with Crippen LogP contribution < -0.4 is 0 Å². The molecule has 7 nitrogen and oxygen atoms in total. The van der Waals surface area contributed by atoms with Gasteiger partial charge in [-0.1, -0.05) is 12.8 Å². The highest BCUT2D eigenvalue weighted by Crippen LogP contribution is 2.55. The average molecular weight is 551 g/mol. The standard InChI is InChI=1S/C22H28F6O7S/c23-21(24,25)20(22(26,27)28,10-36(31,32)33)35-19(30)16-4-2-1-3-15(16)18(29)34-17-13-6-11-5-12(8-13)9-14(17)7-11/h11-17H,1-10H2,(H,31,32,33). The molecule has 5 rings (SSSR count). The topological polar surface area (TPSA) is 107 Å². The number of esters is 2. The van der Waals surface area contributed by atoms with Crippen LogP contribution in [0.3, 0.4) is 0 Å². The van der Waals surface area contributed by atoms with E-state index in [4.69, 9.17) is 9.29 Å². The fourth-order valence-electron chi connectivity index (χ4n) is 6.96. The minimum Gasteiger partial charge on any atom is -0.462 e. The van der Waals surface area contributed by atoms with Gasteiger partial charge in [-0.3, -0.25) is 14.1 Å². The molecule has 5 saturated carbocycles. The van der Waals surface area contributed by atoms with Crippen LogP contribution in [0.1, 0.15) is 57.8 Å². The number of halogens is 6. The van der Waals surface area contributed by atoms with E-state index in [1.54, 1.807) is 0 Å². The molecule has 0 saturated heterocycles. The van der Waals surface area contributed by atoms with Gasteiger partial charge in [0.05, 0.1) is 11.8 Å². The van der Waals surface area contributed by atoms with Gasteiger partial charge in [-0.05, 0) is 68.6 Å². The van der Waals surface area contributed by atoms with Crippen molar-refractivity contribution in [3.8, 4) is 0 Å². The molecule has 206 valence electrons. The largest absolute Gasteiger partial charge is 0.462 e. The van der Waals surface area contributed by atoms with E-state index in [1.165, 1.54) is 0 Å². The third-order valence-electron chi connectivity index (χ3n) is 8.34. The van der Waals surface area contributed by atoms with Crippen molar-refractivity contribution in [1.82, 2.24) is 0 Å². The summed E-state index contributed by atoms with van der Waals surface area (Å²) in [6, 6.07) is 0. The van der Waals surface area contributed by atoms with Gasteiger partial charge in [-0.2, -0.15) is 34.8 Å². The maximum Gasteiger partial charge on any atom is 0.438 e. The molecule has 0 aliphatic heterocycles. The number of hydrogen-bond acceptors (Lipinski definition) is 6. The Morgan fingerprint density at radius 1 is 0.778 bits per heavy atom. The molecule has 1 N–H and O–H groups in total.